The molecule has 2 aromatic heterocycles. The number of amides is 1. The van der Waals surface area contributed by atoms with Crippen LogP contribution in [0.25, 0.3) is 11.4 Å². The SMILES string of the molecule is O=C(COC(=O)CCc1nc(-c2ccsc2)no1)Nc1ccc2c(c1)OCO2. The number of hydrogen-bond acceptors (Lipinski definition) is 9. The maximum Gasteiger partial charge on any atom is 0.306 e. The van der Waals surface area contributed by atoms with E-state index in [1.165, 1.54) is 11.3 Å². The molecule has 0 fully saturated rings. The molecule has 0 bridgehead atoms. The Labute approximate surface area is 163 Å². The molecule has 0 spiro atoms. The lowest BCUT2D eigenvalue weighted by molar-refractivity contribution is -0.147. The van der Waals surface area contributed by atoms with Crippen molar-refractivity contribution < 1.29 is 28.3 Å². The summed E-state index contributed by atoms with van der Waals surface area (Å²) in [5, 5.41) is 10.3. The molecule has 0 saturated carbocycles. The Morgan fingerprint density at radius 1 is 1.21 bits per heavy atom. The van der Waals surface area contributed by atoms with Crippen LogP contribution in [0.4, 0.5) is 5.69 Å². The van der Waals surface area contributed by atoms with Crippen molar-refractivity contribution in [2.24, 2.45) is 0 Å². The number of ether oxygens (including phenoxy) is 3. The zero-order chi connectivity index (χ0) is 19.3. The standard InChI is InChI=1S/C18H15N3O6S/c22-15(19-12-1-2-13-14(7-12)26-10-25-13)8-24-17(23)4-3-16-20-18(21-27-16)11-5-6-28-9-11/h1-2,5-7,9H,3-4,8,10H2,(H,19,22). The number of nitrogens with one attached hydrogen (secondary N) is 1. The van der Waals surface area contributed by atoms with E-state index in [1.54, 1.807) is 18.2 Å². The number of rotatable bonds is 7. The fraction of sp³-hybridized carbons (Fsp3) is 0.222. The number of aromatic nitrogens is 2. The van der Waals surface area contributed by atoms with Crippen molar-refractivity contribution in [1.29, 1.82) is 0 Å². The summed E-state index contributed by atoms with van der Waals surface area (Å²) < 4.78 is 20.5. The average molecular weight is 401 g/mol. The third-order valence-corrected chi connectivity index (χ3v) is 4.49. The largest absolute Gasteiger partial charge is 0.456 e. The first-order chi connectivity index (χ1) is 13.7. The van der Waals surface area contributed by atoms with Crippen molar-refractivity contribution in [3.8, 4) is 22.9 Å². The smallest absolute Gasteiger partial charge is 0.306 e. The fourth-order valence-corrected chi connectivity index (χ4v) is 3.10. The number of carbonyl (C=O) groups excluding carboxylic acids is 2. The molecular weight excluding hydrogens is 386 g/mol. The summed E-state index contributed by atoms with van der Waals surface area (Å²) >= 11 is 1.53. The van der Waals surface area contributed by atoms with Gasteiger partial charge in [-0.15, -0.1) is 0 Å². The molecule has 0 saturated heterocycles. The van der Waals surface area contributed by atoms with Gasteiger partial charge in [0.1, 0.15) is 0 Å². The van der Waals surface area contributed by atoms with Crippen LogP contribution in [0.1, 0.15) is 12.3 Å². The van der Waals surface area contributed by atoms with Gasteiger partial charge >= 0.3 is 5.97 Å². The van der Waals surface area contributed by atoms with Crippen molar-refractivity contribution in [3.63, 3.8) is 0 Å². The molecule has 1 aliphatic rings. The molecule has 9 nitrogen and oxygen atoms in total. The number of fused-ring (bicyclic) bond motifs is 1. The number of benzene rings is 1. The second-order valence-corrected chi connectivity index (χ2v) is 6.58. The van der Waals surface area contributed by atoms with Gasteiger partial charge in [0.15, 0.2) is 18.1 Å². The Hall–Kier alpha value is -3.40. The number of anilines is 1. The Morgan fingerprint density at radius 3 is 2.96 bits per heavy atom. The van der Waals surface area contributed by atoms with Gasteiger partial charge in [-0.3, -0.25) is 9.59 Å². The van der Waals surface area contributed by atoms with Gasteiger partial charge in [-0.05, 0) is 23.6 Å². The minimum Gasteiger partial charge on any atom is -0.456 e. The molecule has 1 aliphatic heterocycles. The van der Waals surface area contributed by atoms with E-state index in [1.807, 2.05) is 16.8 Å². The minimum atomic E-state index is -0.531. The van der Waals surface area contributed by atoms with Gasteiger partial charge < -0.3 is 24.1 Å². The first-order valence-corrected chi connectivity index (χ1v) is 9.32. The molecule has 1 aromatic carbocycles. The number of hydrogen-bond donors (Lipinski definition) is 1. The van der Waals surface area contributed by atoms with E-state index in [2.05, 4.69) is 15.5 Å². The minimum absolute atomic E-state index is 0.0303. The third-order valence-electron chi connectivity index (χ3n) is 3.81. The van der Waals surface area contributed by atoms with Gasteiger partial charge in [0, 0.05) is 29.1 Å². The predicted molar refractivity (Wildman–Crippen MR) is 98.1 cm³/mol. The van der Waals surface area contributed by atoms with Gasteiger partial charge in [0.05, 0.1) is 6.42 Å². The van der Waals surface area contributed by atoms with Crippen LogP contribution in [0, 0.1) is 0 Å². The summed E-state index contributed by atoms with van der Waals surface area (Å²) in [6.07, 6.45) is 0.266. The summed E-state index contributed by atoms with van der Waals surface area (Å²) in [4.78, 5) is 28.0. The molecular formula is C18H15N3O6S. The molecule has 3 heterocycles. The van der Waals surface area contributed by atoms with E-state index in [9.17, 15) is 9.59 Å². The lowest BCUT2D eigenvalue weighted by Crippen LogP contribution is -2.21. The average Bonchev–Trinajstić information content (AvgIpc) is 3.45. The molecule has 1 amide bonds. The van der Waals surface area contributed by atoms with Crippen LogP contribution in [-0.2, 0) is 20.7 Å². The Bertz CT molecular complexity index is 985. The molecule has 0 aliphatic carbocycles. The molecule has 28 heavy (non-hydrogen) atoms. The number of thiophene rings is 1. The lowest BCUT2D eigenvalue weighted by atomic mass is 10.3. The first kappa shape index (κ1) is 18.0. The predicted octanol–water partition coefficient (Wildman–Crippen LogP) is 2.64. The van der Waals surface area contributed by atoms with E-state index < -0.39 is 18.5 Å². The van der Waals surface area contributed by atoms with Gasteiger partial charge in [-0.25, -0.2) is 0 Å². The highest BCUT2D eigenvalue weighted by atomic mass is 32.1. The summed E-state index contributed by atoms with van der Waals surface area (Å²) in [7, 11) is 0. The van der Waals surface area contributed by atoms with Crippen LogP contribution in [0.5, 0.6) is 11.5 Å². The van der Waals surface area contributed by atoms with E-state index >= 15 is 0 Å². The summed E-state index contributed by atoms with van der Waals surface area (Å²) in [5.74, 6) is 1.00. The normalized spacial score (nSPS) is 12.0. The van der Waals surface area contributed by atoms with Gasteiger partial charge in [0.25, 0.3) is 5.91 Å². The number of aryl methyl sites for hydroxylation is 1. The van der Waals surface area contributed by atoms with Gasteiger partial charge in [-0.2, -0.15) is 16.3 Å². The highest BCUT2D eigenvalue weighted by molar-refractivity contribution is 7.08. The maximum absolute atomic E-state index is 11.9. The molecule has 4 rings (SSSR count). The zero-order valence-corrected chi connectivity index (χ0v) is 15.4. The van der Waals surface area contributed by atoms with Gasteiger partial charge in [-0.1, -0.05) is 5.16 Å². The van der Waals surface area contributed by atoms with Crippen LogP contribution in [0.2, 0.25) is 0 Å². The molecule has 0 atom stereocenters. The van der Waals surface area contributed by atoms with Gasteiger partial charge in [0.2, 0.25) is 18.5 Å². The second-order valence-electron chi connectivity index (χ2n) is 5.80. The maximum atomic E-state index is 11.9. The monoisotopic (exact) mass is 401 g/mol. The summed E-state index contributed by atoms with van der Waals surface area (Å²) in [5.41, 5.74) is 1.39. The molecule has 3 aromatic rings. The first-order valence-electron chi connectivity index (χ1n) is 8.37. The number of esters is 1. The fourth-order valence-electron chi connectivity index (χ4n) is 2.46. The van der Waals surface area contributed by atoms with Crippen LogP contribution < -0.4 is 14.8 Å². The van der Waals surface area contributed by atoms with Crippen LogP contribution >= 0.6 is 11.3 Å². The van der Waals surface area contributed by atoms with Crippen molar-refractivity contribution >= 4 is 28.9 Å². The zero-order valence-electron chi connectivity index (χ0n) is 14.5. The highest BCUT2D eigenvalue weighted by Gasteiger charge is 2.15. The number of carbonyl (C=O) groups is 2. The molecule has 0 unspecified atom stereocenters. The van der Waals surface area contributed by atoms with Crippen molar-refractivity contribution in [2.75, 3.05) is 18.7 Å². The molecule has 0 radical (unpaired) electrons. The third kappa shape index (κ3) is 4.29. The lowest BCUT2D eigenvalue weighted by Gasteiger charge is -2.07. The van der Waals surface area contributed by atoms with Crippen LogP contribution in [0.3, 0.4) is 0 Å². The van der Waals surface area contributed by atoms with E-state index in [0.29, 0.717) is 28.9 Å². The van der Waals surface area contributed by atoms with Crippen LogP contribution in [0.15, 0.2) is 39.5 Å². The van der Waals surface area contributed by atoms with Crippen molar-refractivity contribution in [2.45, 2.75) is 12.8 Å². The topological polar surface area (TPSA) is 113 Å². The second kappa shape index (κ2) is 8.09. The Kier molecular flexibility index (Phi) is 5.20. The Balaban J connectivity index is 1.20. The van der Waals surface area contributed by atoms with Crippen LogP contribution in [-0.4, -0.2) is 35.4 Å². The highest BCUT2D eigenvalue weighted by Crippen LogP contribution is 2.34. The molecule has 10 heteroatoms. The Morgan fingerprint density at radius 2 is 2.11 bits per heavy atom. The van der Waals surface area contributed by atoms with E-state index in [-0.39, 0.29) is 19.6 Å². The molecule has 1 N–H and O–H groups in total. The summed E-state index contributed by atoms with van der Waals surface area (Å²) in [6, 6.07) is 6.89. The van der Waals surface area contributed by atoms with E-state index in [4.69, 9.17) is 18.7 Å². The summed E-state index contributed by atoms with van der Waals surface area (Å²) in [6.45, 7) is -0.240. The van der Waals surface area contributed by atoms with Crippen molar-refractivity contribution in [1.82, 2.24) is 10.1 Å². The van der Waals surface area contributed by atoms with E-state index in [0.717, 1.165) is 5.56 Å². The molecule has 144 valence electrons. The number of nitrogens with zero attached hydrogens (tertiary/aromatic N) is 2. The quantitative estimate of drug-likeness (QED) is 0.601. The van der Waals surface area contributed by atoms with Crippen molar-refractivity contribution in [3.05, 3.63) is 40.9 Å².